The van der Waals surface area contributed by atoms with Gasteiger partial charge in [0.15, 0.2) is 4.34 Å². The van der Waals surface area contributed by atoms with Crippen LogP contribution in [0.15, 0.2) is 28.6 Å². The quantitative estimate of drug-likeness (QED) is 0.748. The van der Waals surface area contributed by atoms with E-state index in [1.54, 1.807) is 31.0 Å². The summed E-state index contributed by atoms with van der Waals surface area (Å²) in [4.78, 5) is 30.4. The van der Waals surface area contributed by atoms with Gasteiger partial charge in [0.1, 0.15) is 5.82 Å². The van der Waals surface area contributed by atoms with Crippen LogP contribution in [0.5, 0.6) is 0 Å². The zero-order valence-corrected chi connectivity index (χ0v) is 15.9. The van der Waals surface area contributed by atoms with E-state index in [1.807, 2.05) is 6.92 Å². The lowest BCUT2D eigenvalue weighted by molar-refractivity contribution is -0.129. The van der Waals surface area contributed by atoms with E-state index in [4.69, 9.17) is 5.73 Å². The molecule has 0 saturated carbocycles. The highest BCUT2D eigenvalue weighted by molar-refractivity contribution is 8.02. The largest absolute Gasteiger partial charge is 0.369 e. The van der Waals surface area contributed by atoms with E-state index < -0.39 is 5.91 Å². The van der Waals surface area contributed by atoms with Crippen molar-refractivity contribution >= 4 is 34.9 Å². The van der Waals surface area contributed by atoms with Crippen LogP contribution < -0.4 is 5.73 Å². The number of carbonyl (C=O) groups is 2. The minimum absolute atomic E-state index is 0.0708. The number of hydrogen-bond donors (Lipinski definition) is 1. The molecule has 0 saturated heterocycles. The van der Waals surface area contributed by atoms with Gasteiger partial charge >= 0.3 is 0 Å². The lowest BCUT2D eigenvalue weighted by Gasteiger charge is -2.20. The average Bonchev–Trinajstić information content (AvgIpc) is 2.85. The number of nitrogens with two attached hydrogens (primary N) is 1. The molecule has 8 heteroatoms. The van der Waals surface area contributed by atoms with Crippen molar-refractivity contribution in [3.05, 3.63) is 46.2 Å². The smallest absolute Gasteiger partial charge is 0.235 e. The van der Waals surface area contributed by atoms with Crippen molar-refractivity contribution in [1.29, 1.82) is 0 Å². The molecule has 25 heavy (non-hydrogen) atoms. The number of benzene rings is 1. The Balaban J connectivity index is 1.98. The van der Waals surface area contributed by atoms with Gasteiger partial charge in [-0.25, -0.2) is 9.37 Å². The summed E-state index contributed by atoms with van der Waals surface area (Å²) in [6.07, 6.45) is 0.159. The fourth-order valence-electron chi connectivity index (χ4n) is 2.27. The molecule has 1 aromatic heterocycles. The average molecular weight is 381 g/mol. The van der Waals surface area contributed by atoms with Crippen LogP contribution in [0.25, 0.3) is 0 Å². The molecule has 0 bridgehead atoms. The SMILES string of the molecule is Cc1nc(SC(C)C(=O)N(C)Cc2cccc(F)c2)sc1CC(N)=O. The Morgan fingerprint density at radius 2 is 2.16 bits per heavy atom. The van der Waals surface area contributed by atoms with E-state index in [0.29, 0.717) is 6.54 Å². The molecular weight excluding hydrogens is 361 g/mol. The minimum atomic E-state index is -0.401. The van der Waals surface area contributed by atoms with Crippen molar-refractivity contribution in [1.82, 2.24) is 9.88 Å². The van der Waals surface area contributed by atoms with Crippen LogP contribution in [0.1, 0.15) is 23.1 Å². The molecule has 134 valence electrons. The monoisotopic (exact) mass is 381 g/mol. The fourth-order valence-corrected chi connectivity index (χ4v) is 4.77. The van der Waals surface area contributed by atoms with Gasteiger partial charge in [-0.1, -0.05) is 23.9 Å². The van der Waals surface area contributed by atoms with Gasteiger partial charge in [0.2, 0.25) is 11.8 Å². The Kier molecular flexibility index (Phi) is 6.55. The summed E-state index contributed by atoms with van der Waals surface area (Å²) in [7, 11) is 1.69. The maximum Gasteiger partial charge on any atom is 0.235 e. The Morgan fingerprint density at radius 1 is 1.44 bits per heavy atom. The molecule has 1 atom stereocenters. The van der Waals surface area contributed by atoms with E-state index in [0.717, 1.165) is 20.5 Å². The number of halogens is 1. The normalized spacial score (nSPS) is 12.0. The van der Waals surface area contributed by atoms with Crippen LogP contribution in [-0.2, 0) is 22.6 Å². The highest BCUT2D eigenvalue weighted by atomic mass is 32.2. The van der Waals surface area contributed by atoms with Gasteiger partial charge in [0.25, 0.3) is 0 Å². The molecule has 1 unspecified atom stereocenters. The van der Waals surface area contributed by atoms with E-state index in [9.17, 15) is 14.0 Å². The van der Waals surface area contributed by atoms with Crippen molar-refractivity contribution in [3.63, 3.8) is 0 Å². The predicted molar refractivity (Wildman–Crippen MR) is 97.9 cm³/mol. The summed E-state index contributed by atoms with van der Waals surface area (Å²) in [5.74, 6) is -0.790. The van der Waals surface area contributed by atoms with Gasteiger partial charge in [-0.05, 0) is 31.5 Å². The van der Waals surface area contributed by atoms with Gasteiger partial charge in [-0.2, -0.15) is 0 Å². The molecule has 0 aliphatic heterocycles. The molecule has 5 nitrogen and oxygen atoms in total. The summed E-state index contributed by atoms with van der Waals surface area (Å²) in [5.41, 5.74) is 6.72. The molecule has 0 fully saturated rings. The summed E-state index contributed by atoms with van der Waals surface area (Å²) in [5, 5.41) is -0.342. The number of primary amides is 1. The third-order valence-electron chi connectivity index (χ3n) is 3.52. The number of carbonyl (C=O) groups excluding carboxylic acids is 2. The molecule has 1 aromatic carbocycles. The Morgan fingerprint density at radius 3 is 2.80 bits per heavy atom. The van der Waals surface area contributed by atoms with Crippen molar-refractivity contribution < 1.29 is 14.0 Å². The van der Waals surface area contributed by atoms with Crippen LogP contribution in [0.4, 0.5) is 4.39 Å². The number of nitrogens with zero attached hydrogens (tertiary/aromatic N) is 2. The molecule has 2 amide bonds. The van der Waals surface area contributed by atoms with Gasteiger partial charge in [0, 0.05) is 18.5 Å². The molecule has 2 N–H and O–H groups in total. The molecule has 0 radical (unpaired) electrons. The number of amides is 2. The highest BCUT2D eigenvalue weighted by Crippen LogP contribution is 2.31. The summed E-state index contributed by atoms with van der Waals surface area (Å²) < 4.78 is 14.0. The topological polar surface area (TPSA) is 76.3 Å². The van der Waals surface area contributed by atoms with E-state index in [1.165, 1.54) is 35.2 Å². The van der Waals surface area contributed by atoms with Gasteiger partial charge < -0.3 is 10.6 Å². The second-order valence-electron chi connectivity index (χ2n) is 5.72. The highest BCUT2D eigenvalue weighted by Gasteiger charge is 2.21. The first-order valence-electron chi connectivity index (χ1n) is 7.67. The number of thiazole rings is 1. The van der Waals surface area contributed by atoms with E-state index in [-0.39, 0.29) is 23.4 Å². The zero-order valence-electron chi connectivity index (χ0n) is 14.3. The second kappa shape index (κ2) is 8.44. The predicted octanol–water partition coefficient (Wildman–Crippen LogP) is 2.76. The standard InChI is InChI=1S/C17H20FN3O2S2/c1-10-14(8-15(19)22)25-17(20-10)24-11(2)16(23)21(3)9-12-5-4-6-13(18)7-12/h4-7,11H,8-9H2,1-3H3,(H2,19,22). The van der Waals surface area contributed by atoms with Gasteiger partial charge in [0.05, 0.1) is 17.4 Å². The van der Waals surface area contributed by atoms with Crippen LogP contribution >= 0.6 is 23.1 Å². The first kappa shape index (κ1) is 19.4. The van der Waals surface area contributed by atoms with Gasteiger partial charge in [-0.15, -0.1) is 11.3 Å². The number of hydrogen-bond acceptors (Lipinski definition) is 5. The fraction of sp³-hybridized carbons (Fsp3) is 0.353. The first-order chi connectivity index (χ1) is 11.8. The third kappa shape index (κ3) is 5.54. The van der Waals surface area contributed by atoms with Crippen molar-refractivity contribution in [2.24, 2.45) is 5.73 Å². The zero-order chi connectivity index (χ0) is 18.6. The van der Waals surface area contributed by atoms with E-state index >= 15 is 0 Å². The molecule has 0 aliphatic rings. The Labute approximate surface area is 154 Å². The number of rotatable bonds is 7. The molecular formula is C17H20FN3O2S2. The summed E-state index contributed by atoms with van der Waals surface area (Å²) >= 11 is 2.73. The molecule has 2 aromatic rings. The van der Waals surface area contributed by atoms with Crippen LogP contribution in [0.2, 0.25) is 0 Å². The minimum Gasteiger partial charge on any atom is -0.369 e. The van der Waals surface area contributed by atoms with Crippen LogP contribution in [-0.4, -0.2) is 34.0 Å². The van der Waals surface area contributed by atoms with Crippen LogP contribution in [0, 0.1) is 12.7 Å². The second-order valence-corrected chi connectivity index (χ2v) is 8.39. The molecule has 0 spiro atoms. The maximum absolute atomic E-state index is 13.2. The van der Waals surface area contributed by atoms with Crippen molar-refractivity contribution in [2.75, 3.05) is 7.05 Å². The Bertz CT molecular complexity index is 779. The van der Waals surface area contributed by atoms with Crippen molar-refractivity contribution in [2.45, 2.75) is 36.4 Å². The van der Waals surface area contributed by atoms with Gasteiger partial charge in [-0.3, -0.25) is 9.59 Å². The summed E-state index contributed by atoms with van der Waals surface area (Å²) in [6.45, 7) is 3.96. The molecule has 2 rings (SSSR count). The molecule has 1 heterocycles. The number of aryl methyl sites for hydroxylation is 1. The lowest BCUT2D eigenvalue weighted by Crippen LogP contribution is -2.32. The third-order valence-corrected chi connectivity index (χ3v) is 5.86. The van der Waals surface area contributed by atoms with Crippen LogP contribution in [0.3, 0.4) is 0 Å². The Hall–Kier alpha value is -1.93. The van der Waals surface area contributed by atoms with E-state index in [2.05, 4.69) is 4.98 Å². The van der Waals surface area contributed by atoms with Crippen molar-refractivity contribution in [3.8, 4) is 0 Å². The lowest BCUT2D eigenvalue weighted by atomic mass is 10.2. The molecule has 0 aliphatic carbocycles. The first-order valence-corrected chi connectivity index (χ1v) is 9.36. The summed E-state index contributed by atoms with van der Waals surface area (Å²) in [6, 6.07) is 6.20. The number of aromatic nitrogens is 1. The maximum atomic E-state index is 13.2. The number of thioether (sulfide) groups is 1.